The van der Waals surface area contributed by atoms with E-state index in [4.69, 9.17) is 18.1 Å². The van der Waals surface area contributed by atoms with Gasteiger partial charge in [-0.15, -0.1) is 0 Å². The molecule has 0 saturated heterocycles. The molecule has 1 N–H and O–H groups in total. The van der Waals surface area contributed by atoms with Gasteiger partial charge in [-0.05, 0) is 56.2 Å². The van der Waals surface area contributed by atoms with Gasteiger partial charge in [0.15, 0.2) is 5.78 Å². The predicted molar refractivity (Wildman–Crippen MR) is 119 cm³/mol. The molecule has 10 heteroatoms. The Morgan fingerprint density at radius 3 is 1.94 bits per heavy atom. The van der Waals surface area contributed by atoms with Crippen molar-refractivity contribution in [3.05, 3.63) is 53.6 Å². The zero-order valence-corrected chi connectivity index (χ0v) is 19.9. The molecule has 0 radical (unpaired) electrons. The first-order valence-electron chi connectivity index (χ1n) is 9.79. The van der Waals surface area contributed by atoms with Gasteiger partial charge in [0.05, 0.1) is 29.4 Å². The van der Waals surface area contributed by atoms with Gasteiger partial charge in [0.1, 0.15) is 5.75 Å². The van der Waals surface area contributed by atoms with Crippen molar-refractivity contribution in [3.63, 3.8) is 0 Å². The second kappa shape index (κ2) is 11.2. The summed E-state index contributed by atoms with van der Waals surface area (Å²) in [6.45, 7) is 3.75. The fraction of sp³-hybridized carbons (Fsp3) is 0.381. The van der Waals surface area contributed by atoms with Crippen molar-refractivity contribution in [1.29, 1.82) is 0 Å². The van der Waals surface area contributed by atoms with Crippen molar-refractivity contribution in [2.75, 3.05) is 27.4 Å². The van der Waals surface area contributed by atoms with Gasteiger partial charge >= 0.3 is 15.2 Å². The molecule has 0 fully saturated rings. The Kier molecular flexibility index (Phi) is 9.19. The summed E-state index contributed by atoms with van der Waals surface area (Å²) in [5.41, 5.74) is 0.887. The Morgan fingerprint density at radius 1 is 0.871 bits per heavy atom. The number of aryl methyl sites for hydroxylation is 1. The summed E-state index contributed by atoms with van der Waals surface area (Å²) >= 11 is 0. The van der Waals surface area contributed by atoms with Gasteiger partial charge in [-0.2, -0.15) is 0 Å². The summed E-state index contributed by atoms with van der Waals surface area (Å²) in [6.07, 6.45) is 0.498. The Balaban J connectivity index is 2.17. The lowest BCUT2D eigenvalue weighted by Gasteiger charge is -2.18. The van der Waals surface area contributed by atoms with Gasteiger partial charge in [0, 0.05) is 20.6 Å². The smallest absolute Gasteiger partial charge is 0.361 e. The molecule has 31 heavy (non-hydrogen) atoms. The van der Waals surface area contributed by atoms with Crippen molar-refractivity contribution >= 4 is 31.6 Å². The highest BCUT2D eigenvalue weighted by Crippen LogP contribution is 2.47. The third-order valence-corrected chi connectivity index (χ3v) is 8.57. The second-order valence-corrected chi connectivity index (χ2v) is 10.8. The fourth-order valence-electron chi connectivity index (χ4n) is 2.97. The number of rotatable bonds is 12. The highest BCUT2D eigenvalue weighted by Gasteiger charge is 2.28. The van der Waals surface area contributed by atoms with E-state index in [2.05, 4.69) is 0 Å². The van der Waals surface area contributed by atoms with E-state index in [0.29, 0.717) is 11.7 Å². The minimum absolute atomic E-state index is 0.0528. The van der Waals surface area contributed by atoms with Crippen molar-refractivity contribution in [1.82, 2.24) is 0 Å². The van der Waals surface area contributed by atoms with Crippen LogP contribution in [0.3, 0.4) is 0 Å². The number of ketones is 1. The largest absolute Gasteiger partial charge is 0.507 e. The molecule has 8 nitrogen and oxygen atoms in total. The Labute approximate surface area is 182 Å². The highest BCUT2D eigenvalue weighted by atomic mass is 31.2. The van der Waals surface area contributed by atoms with E-state index in [1.807, 2.05) is 0 Å². The molecule has 0 aromatic heterocycles. The fourth-order valence-corrected chi connectivity index (χ4v) is 5.65. The number of phenolic OH excluding ortho intramolecular Hbond substituents is 1. The molecule has 2 rings (SSSR count). The van der Waals surface area contributed by atoms with Gasteiger partial charge in [0.2, 0.25) is 0 Å². The number of aromatic hydroxyl groups is 1. The van der Waals surface area contributed by atoms with Crippen LogP contribution in [-0.2, 0) is 33.6 Å². The summed E-state index contributed by atoms with van der Waals surface area (Å²) in [5.74, 6) is -0.521. The molecule has 0 amide bonds. The van der Waals surface area contributed by atoms with E-state index in [1.165, 1.54) is 32.4 Å². The average Bonchev–Trinajstić information content (AvgIpc) is 2.77. The van der Waals surface area contributed by atoms with Crippen molar-refractivity contribution in [2.45, 2.75) is 26.7 Å². The molecule has 170 valence electrons. The molecular formula is C21H28O8P2. The van der Waals surface area contributed by atoms with E-state index in [9.17, 15) is 19.0 Å². The zero-order valence-electron chi connectivity index (χ0n) is 18.1. The molecule has 0 aliphatic rings. The van der Waals surface area contributed by atoms with Crippen molar-refractivity contribution < 1.29 is 37.1 Å². The first kappa shape index (κ1) is 25.5. The molecule has 2 aromatic rings. The second-order valence-electron chi connectivity index (χ2n) is 6.49. The van der Waals surface area contributed by atoms with Gasteiger partial charge in [0.25, 0.3) is 0 Å². The number of phenols is 1. The van der Waals surface area contributed by atoms with Crippen LogP contribution in [0.4, 0.5) is 0 Å². The maximum absolute atomic E-state index is 13.0. The van der Waals surface area contributed by atoms with E-state index in [1.54, 1.807) is 38.1 Å². The Morgan fingerprint density at radius 2 is 1.42 bits per heavy atom. The molecule has 0 spiro atoms. The van der Waals surface area contributed by atoms with E-state index >= 15 is 0 Å². The van der Waals surface area contributed by atoms with Crippen LogP contribution in [0.25, 0.3) is 0 Å². The first-order chi connectivity index (χ1) is 14.7. The van der Waals surface area contributed by atoms with Crippen LogP contribution in [0, 0.1) is 0 Å². The molecule has 2 aromatic carbocycles. The molecule has 0 unspecified atom stereocenters. The van der Waals surface area contributed by atoms with Crippen LogP contribution in [-0.4, -0.2) is 38.3 Å². The quantitative estimate of drug-likeness (QED) is 0.363. The minimum atomic E-state index is -3.58. The van der Waals surface area contributed by atoms with Crippen LogP contribution in [0.15, 0.2) is 42.5 Å². The first-order valence-corrected chi connectivity index (χ1v) is 12.9. The van der Waals surface area contributed by atoms with Gasteiger partial charge in [-0.1, -0.05) is 12.1 Å². The Hall–Kier alpha value is -1.79. The molecule has 0 heterocycles. The van der Waals surface area contributed by atoms with Gasteiger partial charge in [-0.3, -0.25) is 13.9 Å². The maximum atomic E-state index is 13.0. The van der Waals surface area contributed by atoms with E-state index < -0.39 is 15.2 Å². The van der Waals surface area contributed by atoms with Crippen molar-refractivity contribution in [2.24, 2.45) is 0 Å². The topological polar surface area (TPSA) is 108 Å². The number of hydrogen-bond donors (Lipinski definition) is 1. The molecule has 0 saturated carbocycles. The molecule has 0 atom stereocenters. The summed E-state index contributed by atoms with van der Waals surface area (Å²) in [5, 5.41) is 10.8. The molecular weight excluding hydrogens is 442 g/mol. The number of hydrogen-bond acceptors (Lipinski definition) is 8. The summed E-state index contributed by atoms with van der Waals surface area (Å²) < 4.78 is 45.9. The standard InChI is InChI=1S/C21H28O8P2/c1-5-28-31(25,29-6-2)18-12-14-21(23)19(15-18)20(22)13-9-16-7-10-17(11-8-16)30(24,26-3)27-4/h7-8,10-12,14-15,23H,5-6,9,13H2,1-4H3. The number of Topliss-reactive ketones (excluding diaryl/α,β-unsaturated/α-hetero) is 1. The summed E-state index contributed by atoms with van der Waals surface area (Å²) in [4.78, 5) is 12.7. The van der Waals surface area contributed by atoms with E-state index in [-0.39, 0.29) is 42.0 Å². The maximum Gasteiger partial charge on any atom is 0.361 e. The van der Waals surface area contributed by atoms with Crippen LogP contribution in [0.2, 0.25) is 0 Å². The van der Waals surface area contributed by atoms with Gasteiger partial charge in [-0.25, -0.2) is 0 Å². The molecule has 0 aliphatic heterocycles. The normalized spacial score (nSPS) is 12.1. The summed E-state index contributed by atoms with van der Waals surface area (Å²) in [6, 6.07) is 10.8. The molecule has 0 aliphatic carbocycles. The third kappa shape index (κ3) is 6.13. The monoisotopic (exact) mass is 470 g/mol. The Bertz CT molecular complexity index is 969. The SMILES string of the molecule is CCOP(=O)(OCC)c1ccc(O)c(C(=O)CCc2ccc(P(=O)(OC)OC)cc2)c1. The van der Waals surface area contributed by atoms with E-state index in [0.717, 1.165) is 5.56 Å². The number of carbonyl (C=O) groups excluding carboxylic acids is 1. The average molecular weight is 470 g/mol. The molecule has 0 bridgehead atoms. The lowest BCUT2D eigenvalue weighted by Crippen LogP contribution is -2.13. The van der Waals surface area contributed by atoms with Crippen LogP contribution in [0.1, 0.15) is 36.2 Å². The summed E-state index contributed by atoms with van der Waals surface area (Å²) in [7, 11) is -4.28. The number of carbonyl (C=O) groups is 1. The van der Waals surface area contributed by atoms with Crippen LogP contribution >= 0.6 is 15.2 Å². The lowest BCUT2D eigenvalue weighted by atomic mass is 10.0. The number of benzene rings is 2. The van der Waals surface area contributed by atoms with Crippen molar-refractivity contribution in [3.8, 4) is 5.75 Å². The minimum Gasteiger partial charge on any atom is -0.507 e. The zero-order chi connectivity index (χ0) is 23.1. The van der Waals surface area contributed by atoms with Gasteiger partial charge < -0.3 is 23.2 Å². The van der Waals surface area contributed by atoms with Crippen LogP contribution in [0.5, 0.6) is 5.75 Å². The lowest BCUT2D eigenvalue weighted by molar-refractivity contribution is 0.0980. The van der Waals surface area contributed by atoms with Crippen LogP contribution < -0.4 is 10.6 Å². The third-order valence-electron chi connectivity index (χ3n) is 4.57. The highest BCUT2D eigenvalue weighted by molar-refractivity contribution is 7.62. The predicted octanol–water partition coefficient (Wildman–Crippen LogP) is 4.21.